The van der Waals surface area contributed by atoms with Gasteiger partial charge < -0.3 is 34.7 Å². The first-order valence-corrected chi connectivity index (χ1v) is 12.4. The van der Waals surface area contributed by atoms with E-state index in [9.17, 15) is 30.0 Å². The zero-order valence-corrected chi connectivity index (χ0v) is 19.3. The summed E-state index contributed by atoms with van der Waals surface area (Å²) in [6.07, 6.45) is 0.854. The van der Waals surface area contributed by atoms with E-state index in [0.717, 1.165) is 44.9 Å². The number of aliphatic carboxylic acids is 1. The number of aliphatic hydroxyl groups is 3. The molecule has 3 saturated carbocycles. The lowest BCUT2D eigenvalue weighted by Crippen LogP contribution is -2.63. The molecule has 0 amide bonds. The molecule has 1 saturated heterocycles. The second-order valence-corrected chi connectivity index (χ2v) is 11.4. The van der Waals surface area contributed by atoms with Crippen LogP contribution < -0.4 is 5.11 Å². The number of carboxylic acids is 1. The number of ether oxygens (including phenoxy) is 2. The highest BCUT2D eigenvalue weighted by Crippen LogP contribution is 2.65. The predicted molar refractivity (Wildman–Crippen MR) is 113 cm³/mol. The van der Waals surface area contributed by atoms with Crippen LogP contribution in [0.25, 0.3) is 0 Å². The monoisotopic (exact) mass is 463 g/mol. The smallest absolute Gasteiger partial charge is 0.187 e. The number of aliphatic hydroxyl groups excluding tert-OH is 3. The zero-order chi connectivity index (χ0) is 23.7. The van der Waals surface area contributed by atoms with E-state index in [1.807, 2.05) is 6.08 Å². The Bertz CT molecular complexity index is 855. The standard InChI is InChI=1S/C25H36O8/c1-24-9-7-13(26)11-12(24)3-4-14-15-5-6-17(25(15,2)10-8-16(14)24)32-23-20(29)18(27)19(28)21(33-23)22(30)31/h11,14-21,23,27-29H,3-10H2,1-2H3,(H,30,31)/p-1/t14-,15-,16-,17+,18-,19-,20+,21-,23+,24-,25-/m0/s1. The summed E-state index contributed by atoms with van der Waals surface area (Å²) in [7, 11) is 0. The van der Waals surface area contributed by atoms with Gasteiger partial charge in [-0.2, -0.15) is 0 Å². The normalized spacial score (nSPS) is 51.8. The fourth-order valence-corrected chi connectivity index (χ4v) is 8.05. The van der Waals surface area contributed by atoms with Gasteiger partial charge in [-0.1, -0.05) is 19.4 Å². The fraction of sp³-hybridized carbons (Fsp3) is 0.840. The summed E-state index contributed by atoms with van der Waals surface area (Å²) >= 11 is 0. The topological polar surface area (TPSA) is 136 Å². The molecule has 0 aromatic heterocycles. The van der Waals surface area contributed by atoms with Gasteiger partial charge >= 0.3 is 0 Å². The molecule has 184 valence electrons. The SMILES string of the molecule is C[C@]12CC[C@H]3[C@@H](CCC4=CC(=O)CC[C@@]43C)[C@@H]1CC[C@H]2O[C@@H]1O[C@H](C(=O)[O-])[C@@H](O)[C@H](O)[C@H]1O. The Hall–Kier alpha value is -1.32. The number of carboxylic acid groups (broad SMARTS) is 1. The molecule has 0 aromatic carbocycles. The van der Waals surface area contributed by atoms with Crippen LogP contribution >= 0.6 is 0 Å². The summed E-state index contributed by atoms with van der Waals surface area (Å²) in [4.78, 5) is 23.4. The van der Waals surface area contributed by atoms with Crippen molar-refractivity contribution in [3.05, 3.63) is 11.6 Å². The lowest BCUT2D eigenvalue weighted by atomic mass is 9.47. The van der Waals surface area contributed by atoms with Crippen molar-refractivity contribution in [1.82, 2.24) is 0 Å². The second kappa shape index (κ2) is 8.12. The largest absolute Gasteiger partial charge is 0.547 e. The van der Waals surface area contributed by atoms with Gasteiger partial charge in [0.25, 0.3) is 0 Å². The van der Waals surface area contributed by atoms with Crippen LogP contribution in [0.5, 0.6) is 0 Å². The van der Waals surface area contributed by atoms with Gasteiger partial charge in [0.2, 0.25) is 0 Å². The number of fused-ring (bicyclic) bond motifs is 5. The minimum atomic E-state index is -1.78. The molecule has 0 spiro atoms. The zero-order valence-electron chi connectivity index (χ0n) is 19.3. The summed E-state index contributed by atoms with van der Waals surface area (Å²) < 4.78 is 11.5. The molecule has 0 bridgehead atoms. The molecule has 0 radical (unpaired) electrons. The molecule has 33 heavy (non-hydrogen) atoms. The number of ketones is 1. The van der Waals surface area contributed by atoms with E-state index in [1.165, 1.54) is 5.57 Å². The van der Waals surface area contributed by atoms with Crippen LogP contribution in [-0.2, 0) is 19.1 Å². The van der Waals surface area contributed by atoms with Gasteiger partial charge in [0.15, 0.2) is 12.1 Å². The van der Waals surface area contributed by atoms with Crippen LogP contribution in [-0.4, -0.2) is 63.9 Å². The minimum Gasteiger partial charge on any atom is -0.547 e. The van der Waals surface area contributed by atoms with E-state index in [1.54, 1.807) is 0 Å². The third-order valence-corrected chi connectivity index (χ3v) is 9.98. The van der Waals surface area contributed by atoms with Gasteiger partial charge in [0.1, 0.15) is 24.4 Å². The number of hydrogen-bond acceptors (Lipinski definition) is 8. The Labute approximate surface area is 194 Å². The molecule has 4 fully saturated rings. The second-order valence-electron chi connectivity index (χ2n) is 11.4. The molecule has 1 aliphatic heterocycles. The van der Waals surface area contributed by atoms with Gasteiger partial charge in [-0.05, 0) is 79.6 Å². The average Bonchev–Trinajstić information content (AvgIpc) is 3.10. The molecular formula is C25H35O8-. The predicted octanol–water partition coefficient (Wildman–Crippen LogP) is 0.461. The Morgan fingerprint density at radius 1 is 1.03 bits per heavy atom. The van der Waals surface area contributed by atoms with E-state index in [-0.39, 0.29) is 22.7 Å². The Kier molecular flexibility index (Phi) is 5.77. The molecule has 4 aliphatic carbocycles. The third kappa shape index (κ3) is 3.52. The first-order valence-electron chi connectivity index (χ1n) is 12.4. The summed E-state index contributed by atoms with van der Waals surface area (Å²) in [5.74, 6) is 0.115. The van der Waals surface area contributed by atoms with E-state index in [0.29, 0.717) is 24.2 Å². The molecule has 0 aromatic rings. The minimum absolute atomic E-state index is 0.0851. The summed E-state index contributed by atoms with van der Waals surface area (Å²) in [5.41, 5.74) is 1.26. The van der Waals surface area contributed by atoms with Gasteiger partial charge in [-0.3, -0.25) is 4.79 Å². The van der Waals surface area contributed by atoms with Gasteiger partial charge in [-0.15, -0.1) is 0 Å². The van der Waals surface area contributed by atoms with E-state index >= 15 is 0 Å². The van der Waals surface area contributed by atoms with E-state index in [2.05, 4.69) is 13.8 Å². The van der Waals surface area contributed by atoms with Crippen molar-refractivity contribution in [2.24, 2.45) is 28.6 Å². The lowest BCUT2D eigenvalue weighted by molar-refractivity contribution is -0.355. The van der Waals surface area contributed by atoms with Crippen LogP contribution in [0, 0.1) is 28.6 Å². The highest BCUT2D eigenvalue weighted by atomic mass is 16.7. The van der Waals surface area contributed by atoms with Crippen LogP contribution in [0.15, 0.2) is 11.6 Å². The first kappa shape index (κ1) is 23.4. The van der Waals surface area contributed by atoms with Crippen molar-refractivity contribution in [1.29, 1.82) is 0 Å². The highest BCUT2D eigenvalue weighted by Gasteiger charge is 2.60. The third-order valence-electron chi connectivity index (χ3n) is 9.98. The van der Waals surface area contributed by atoms with Gasteiger partial charge in [0.05, 0.1) is 12.1 Å². The molecule has 1 heterocycles. The maximum atomic E-state index is 12.0. The molecule has 0 unspecified atom stereocenters. The Morgan fingerprint density at radius 2 is 1.79 bits per heavy atom. The first-order chi connectivity index (χ1) is 15.6. The number of allylic oxidation sites excluding steroid dienone is 1. The molecule has 11 atom stereocenters. The summed E-state index contributed by atoms with van der Waals surface area (Å²) in [5, 5.41) is 41.8. The number of rotatable bonds is 3. The van der Waals surface area contributed by atoms with Crippen LogP contribution in [0.3, 0.4) is 0 Å². The Morgan fingerprint density at radius 3 is 2.52 bits per heavy atom. The van der Waals surface area contributed by atoms with Crippen LogP contribution in [0.1, 0.15) is 65.2 Å². The molecular weight excluding hydrogens is 428 g/mol. The van der Waals surface area contributed by atoms with Gasteiger partial charge in [-0.25, -0.2) is 0 Å². The molecule has 5 rings (SSSR count). The number of hydrogen-bond donors (Lipinski definition) is 3. The number of carbonyl (C=O) groups is 2. The molecule has 8 heteroatoms. The number of carbonyl (C=O) groups excluding carboxylic acids is 2. The maximum Gasteiger partial charge on any atom is 0.187 e. The quantitative estimate of drug-likeness (QED) is 0.549. The Balaban J connectivity index is 1.34. The van der Waals surface area contributed by atoms with Crippen molar-refractivity contribution in [3.63, 3.8) is 0 Å². The summed E-state index contributed by atoms with van der Waals surface area (Å²) in [6.45, 7) is 4.56. The molecule has 5 aliphatic rings. The highest BCUT2D eigenvalue weighted by molar-refractivity contribution is 5.91. The van der Waals surface area contributed by atoms with Crippen molar-refractivity contribution >= 4 is 11.8 Å². The summed E-state index contributed by atoms with van der Waals surface area (Å²) in [6, 6.07) is 0. The van der Waals surface area contributed by atoms with E-state index in [4.69, 9.17) is 9.47 Å². The fourth-order valence-electron chi connectivity index (χ4n) is 8.05. The lowest BCUT2D eigenvalue weighted by Gasteiger charge is -2.58. The van der Waals surface area contributed by atoms with Crippen LogP contribution in [0.4, 0.5) is 0 Å². The maximum absolute atomic E-state index is 12.0. The van der Waals surface area contributed by atoms with Crippen molar-refractivity contribution < 1.29 is 39.5 Å². The van der Waals surface area contributed by atoms with Crippen molar-refractivity contribution in [2.45, 2.75) is 102 Å². The van der Waals surface area contributed by atoms with Gasteiger partial charge in [0, 0.05) is 6.42 Å². The van der Waals surface area contributed by atoms with Crippen molar-refractivity contribution in [3.8, 4) is 0 Å². The molecule has 3 N–H and O–H groups in total. The van der Waals surface area contributed by atoms with Crippen molar-refractivity contribution in [2.75, 3.05) is 0 Å². The molecule has 8 nitrogen and oxygen atoms in total. The average molecular weight is 464 g/mol. The van der Waals surface area contributed by atoms with E-state index < -0.39 is 36.7 Å². The van der Waals surface area contributed by atoms with Crippen LogP contribution in [0.2, 0.25) is 0 Å².